The zero-order valence-corrected chi connectivity index (χ0v) is 20.2. The molecule has 0 spiro atoms. The molecule has 4 aromatic rings. The molecule has 33 heavy (non-hydrogen) atoms. The second kappa shape index (κ2) is 10.2. The summed E-state index contributed by atoms with van der Waals surface area (Å²) in [5, 5.41) is 0.876. The maximum absolute atomic E-state index is 14.1. The molecule has 0 N–H and O–H groups in total. The molecule has 0 radical (unpaired) electrons. The number of rotatable bonds is 5. The van der Waals surface area contributed by atoms with E-state index in [9.17, 15) is 12.8 Å². The largest absolute Gasteiger partial charge is 0.493 e. The molecule has 0 saturated carbocycles. The van der Waals surface area contributed by atoms with Crippen LogP contribution in [0.3, 0.4) is 0 Å². The van der Waals surface area contributed by atoms with E-state index in [1.54, 1.807) is 24.3 Å². The SMILES string of the molecule is CC.COc1ccc(S(=O)(=O)c2cnc3ccc(F)cc3c2-c2ccc(Cl)cc2)cc1OC. The number of nitrogens with zero attached hydrogens (tertiary/aromatic N) is 1. The minimum absolute atomic E-state index is 0.00193. The molecular formula is C25H23ClFNO4S. The summed E-state index contributed by atoms with van der Waals surface area (Å²) < 4.78 is 51.8. The first-order chi connectivity index (χ1) is 15.8. The van der Waals surface area contributed by atoms with Crippen molar-refractivity contribution >= 4 is 32.3 Å². The molecule has 0 bridgehead atoms. The summed E-state index contributed by atoms with van der Waals surface area (Å²) in [4.78, 5) is 4.21. The van der Waals surface area contributed by atoms with Gasteiger partial charge in [0.1, 0.15) is 5.82 Å². The van der Waals surface area contributed by atoms with Gasteiger partial charge >= 0.3 is 0 Å². The van der Waals surface area contributed by atoms with Crippen LogP contribution in [0.4, 0.5) is 4.39 Å². The molecule has 0 unspecified atom stereocenters. The molecule has 5 nitrogen and oxygen atoms in total. The lowest BCUT2D eigenvalue weighted by Gasteiger charge is -2.15. The van der Waals surface area contributed by atoms with Gasteiger partial charge in [-0.1, -0.05) is 37.6 Å². The van der Waals surface area contributed by atoms with Crippen molar-refractivity contribution in [2.75, 3.05) is 14.2 Å². The van der Waals surface area contributed by atoms with E-state index < -0.39 is 15.7 Å². The van der Waals surface area contributed by atoms with Crippen molar-refractivity contribution in [2.45, 2.75) is 23.6 Å². The minimum Gasteiger partial charge on any atom is -0.493 e. The van der Waals surface area contributed by atoms with Gasteiger partial charge in [-0.2, -0.15) is 0 Å². The molecule has 8 heteroatoms. The maximum atomic E-state index is 14.1. The van der Waals surface area contributed by atoms with Gasteiger partial charge < -0.3 is 9.47 Å². The van der Waals surface area contributed by atoms with Crippen LogP contribution in [0.15, 0.2) is 76.7 Å². The van der Waals surface area contributed by atoms with Gasteiger partial charge in [0.25, 0.3) is 0 Å². The van der Waals surface area contributed by atoms with Crippen LogP contribution in [0.1, 0.15) is 13.8 Å². The third-order valence-corrected chi connectivity index (χ3v) is 6.90. The first-order valence-corrected chi connectivity index (χ1v) is 12.0. The zero-order valence-electron chi connectivity index (χ0n) is 18.6. The summed E-state index contributed by atoms with van der Waals surface area (Å²) in [6.07, 6.45) is 1.29. The molecule has 0 atom stereocenters. The van der Waals surface area contributed by atoms with Gasteiger partial charge in [0.2, 0.25) is 9.84 Å². The quantitative estimate of drug-likeness (QED) is 0.318. The standard InChI is InChI=1S/C23H17ClFNO4S.C2H6/c1-29-20-10-8-17(12-21(20)30-2)31(27,28)22-13-26-19-9-7-16(25)11-18(19)23(22)14-3-5-15(24)6-4-14;1-2/h3-13H,1-2H3;1-2H3. The van der Waals surface area contributed by atoms with E-state index in [1.807, 2.05) is 13.8 Å². The fourth-order valence-electron chi connectivity index (χ4n) is 3.38. The van der Waals surface area contributed by atoms with Gasteiger partial charge in [-0.25, -0.2) is 12.8 Å². The number of sulfone groups is 1. The van der Waals surface area contributed by atoms with Gasteiger partial charge in [0.15, 0.2) is 11.5 Å². The monoisotopic (exact) mass is 487 g/mol. The van der Waals surface area contributed by atoms with Crippen LogP contribution in [0.2, 0.25) is 5.02 Å². The predicted octanol–water partition coefficient (Wildman–Crippen LogP) is 6.57. The van der Waals surface area contributed by atoms with E-state index in [4.69, 9.17) is 21.1 Å². The van der Waals surface area contributed by atoms with Crippen molar-refractivity contribution in [1.29, 1.82) is 0 Å². The molecule has 3 aromatic carbocycles. The van der Waals surface area contributed by atoms with Crippen LogP contribution in [0, 0.1) is 5.82 Å². The number of ether oxygens (including phenoxy) is 2. The van der Waals surface area contributed by atoms with E-state index in [0.717, 1.165) is 0 Å². The Morgan fingerprint density at radius 1 is 0.879 bits per heavy atom. The topological polar surface area (TPSA) is 65.5 Å². The molecule has 0 fully saturated rings. The number of aromatic nitrogens is 1. The molecule has 0 aliphatic heterocycles. The Morgan fingerprint density at radius 3 is 2.18 bits per heavy atom. The fraction of sp³-hybridized carbons (Fsp3) is 0.160. The smallest absolute Gasteiger partial charge is 0.208 e. The van der Waals surface area contributed by atoms with Crippen LogP contribution in [-0.4, -0.2) is 27.6 Å². The average molecular weight is 488 g/mol. The number of hydrogen-bond acceptors (Lipinski definition) is 5. The highest BCUT2D eigenvalue weighted by Gasteiger charge is 2.26. The van der Waals surface area contributed by atoms with Crippen molar-refractivity contribution in [3.63, 3.8) is 0 Å². The molecular weight excluding hydrogens is 465 g/mol. The van der Waals surface area contributed by atoms with Crippen LogP contribution in [0.5, 0.6) is 11.5 Å². The van der Waals surface area contributed by atoms with Gasteiger partial charge in [-0.05, 0) is 48.0 Å². The van der Waals surface area contributed by atoms with Gasteiger partial charge in [-0.3, -0.25) is 4.98 Å². The minimum atomic E-state index is -4.04. The Bertz CT molecular complexity index is 1390. The van der Waals surface area contributed by atoms with Gasteiger partial charge in [0, 0.05) is 28.2 Å². The number of halogens is 2. The van der Waals surface area contributed by atoms with Crippen LogP contribution >= 0.6 is 11.6 Å². The van der Waals surface area contributed by atoms with Crippen molar-refractivity contribution in [2.24, 2.45) is 0 Å². The van der Waals surface area contributed by atoms with Gasteiger partial charge in [-0.15, -0.1) is 0 Å². The Kier molecular flexibility index (Phi) is 7.56. The van der Waals surface area contributed by atoms with Crippen molar-refractivity contribution in [1.82, 2.24) is 4.98 Å². The predicted molar refractivity (Wildman–Crippen MR) is 128 cm³/mol. The Balaban J connectivity index is 0.00000149. The third kappa shape index (κ3) is 4.79. The molecule has 1 heterocycles. The third-order valence-electron chi connectivity index (χ3n) is 4.88. The average Bonchev–Trinajstić information content (AvgIpc) is 2.84. The number of benzene rings is 3. The highest BCUT2D eigenvalue weighted by molar-refractivity contribution is 7.91. The molecule has 0 aliphatic rings. The molecule has 0 aliphatic carbocycles. The second-order valence-corrected chi connectivity index (χ2v) is 9.04. The van der Waals surface area contributed by atoms with E-state index in [2.05, 4.69) is 4.98 Å². The normalized spacial score (nSPS) is 11.0. The summed E-state index contributed by atoms with van der Waals surface area (Å²) in [6.45, 7) is 4.00. The zero-order chi connectivity index (χ0) is 24.2. The Labute approximate surface area is 197 Å². The second-order valence-electron chi connectivity index (χ2n) is 6.69. The van der Waals surface area contributed by atoms with Crippen molar-refractivity contribution in [3.8, 4) is 22.6 Å². The lowest BCUT2D eigenvalue weighted by atomic mass is 10.0. The molecule has 4 rings (SSSR count). The van der Waals surface area contributed by atoms with Crippen molar-refractivity contribution in [3.05, 3.63) is 77.7 Å². The number of pyridine rings is 1. The summed E-state index contributed by atoms with van der Waals surface area (Å²) in [5.74, 6) is 0.180. The van der Waals surface area contributed by atoms with E-state index in [1.165, 1.54) is 56.8 Å². The fourth-order valence-corrected chi connectivity index (χ4v) is 4.95. The lowest BCUT2D eigenvalue weighted by molar-refractivity contribution is 0.354. The Hall–Kier alpha value is -3.16. The van der Waals surface area contributed by atoms with Crippen LogP contribution in [0.25, 0.3) is 22.0 Å². The summed E-state index contributed by atoms with van der Waals surface area (Å²) >= 11 is 6.01. The summed E-state index contributed by atoms with van der Waals surface area (Å²) in [7, 11) is -1.15. The molecule has 1 aromatic heterocycles. The number of methoxy groups -OCH3 is 2. The molecule has 172 valence electrons. The van der Waals surface area contributed by atoms with Gasteiger partial charge in [0.05, 0.1) is 29.5 Å². The van der Waals surface area contributed by atoms with E-state index in [-0.39, 0.29) is 15.5 Å². The van der Waals surface area contributed by atoms with E-state index >= 15 is 0 Å². The first kappa shape index (κ1) is 24.5. The highest BCUT2D eigenvalue weighted by atomic mass is 35.5. The summed E-state index contributed by atoms with van der Waals surface area (Å²) in [5.41, 5.74) is 1.38. The number of hydrogen-bond donors (Lipinski definition) is 0. The number of fused-ring (bicyclic) bond motifs is 1. The first-order valence-electron chi connectivity index (χ1n) is 10.2. The van der Waals surface area contributed by atoms with Crippen molar-refractivity contribution < 1.29 is 22.3 Å². The van der Waals surface area contributed by atoms with E-state index in [0.29, 0.717) is 32.8 Å². The maximum Gasteiger partial charge on any atom is 0.208 e. The van der Waals surface area contributed by atoms with Crippen LogP contribution < -0.4 is 9.47 Å². The highest BCUT2D eigenvalue weighted by Crippen LogP contribution is 2.39. The summed E-state index contributed by atoms with van der Waals surface area (Å²) in [6, 6.07) is 15.1. The Morgan fingerprint density at radius 2 is 1.55 bits per heavy atom. The molecule has 0 saturated heterocycles. The van der Waals surface area contributed by atoms with Crippen LogP contribution in [-0.2, 0) is 9.84 Å². The lowest BCUT2D eigenvalue weighted by Crippen LogP contribution is -2.06. The molecule has 0 amide bonds.